The van der Waals surface area contributed by atoms with Gasteiger partial charge in [-0.25, -0.2) is 4.79 Å². The van der Waals surface area contributed by atoms with Crippen molar-refractivity contribution in [1.29, 1.82) is 0 Å². The Kier molecular flexibility index (Phi) is 4.89. The molecule has 3 amide bonds. The number of hydrogen-bond donors (Lipinski definition) is 4. The van der Waals surface area contributed by atoms with Crippen LogP contribution in [-0.4, -0.2) is 23.1 Å². The zero-order valence-corrected chi connectivity index (χ0v) is 17.4. The number of carbonyl (C=O) groups is 2. The topological polar surface area (TPSA) is 112 Å². The van der Waals surface area contributed by atoms with Gasteiger partial charge >= 0.3 is 6.03 Å². The number of rotatable bonds is 6. The van der Waals surface area contributed by atoms with Gasteiger partial charge in [0.2, 0.25) is 0 Å². The lowest BCUT2D eigenvalue weighted by atomic mass is 9.88. The van der Waals surface area contributed by atoms with E-state index in [-0.39, 0.29) is 11.9 Å². The minimum absolute atomic E-state index is 0.282. The van der Waals surface area contributed by atoms with E-state index in [4.69, 9.17) is 5.73 Å². The average molecular weight is 428 g/mol. The highest BCUT2D eigenvalue weighted by molar-refractivity contribution is 6.00. The maximum atomic E-state index is 12.5. The molecule has 32 heavy (non-hydrogen) atoms. The Hall–Kier alpha value is -4.07. The Balaban J connectivity index is 1.44. The van der Waals surface area contributed by atoms with Crippen molar-refractivity contribution in [3.8, 4) is 0 Å². The molecule has 5 rings (SSSR count). The molecule has 1 unspecified atom stereocenters. The molecule has 0 saturated heterocycles. The normalized spacial score (nSPS) is 21.2. The van der Waals surface area contributed by atoms with E-state index in [1.165, 1.54) is 0 Å². The van der Waals surface area contributed by atoms with Crippen molar-refractivity contribution in [3.63, 3.8) is 0 Å². The average Bonchev–Trinajstić information content (AvgIpc) is 3.60. The standard InChI is InChI=1S/C24H24N6O2/c25-22(31)21-20-15-26-12-13-30(20)24(29-21,17-10-11-17)19-9-5-4-6-16(19)14-27-23(32)28-18-7-2-1-3-8-18/h1-9,12-13,15,17,29H,10-11,14H2,(H2,25,31)(H2,27,28,32). The number of aliphatic imine (C=N–C) groups is 1. The van der Waals surface area contributed by atoms with Gasteiger partial charge in [-0.3, -0.25) is 9.79 Å². The molecular weight excluding hydrogens is 404 g/mol. The Morgan fingerprint density at radius 3 is 2.62 bits per heavy atom. The van der Waals surface area contributed by atoms with Crippen LogP contribution in [-0.2, 0) is 17.0 Å². The van der Waals surface area contributed by atoms with Gasteiger partial charge in [0.1, 0.15) is 11.4 Å². The SMILES string of the molecule is NC(=O)C1=C2C=NC=CN2C(c2ccccc2CNC(=O)Nc2ccccc2)(C2CC2)N1. The van der Waals surface area contributed by atoms with Crippen LogP contribution < -0.4 is 21.7 Å². The summed E-state index contributed by atoms with van der Waals surface area (Å²) in [6, 6.07) is 17.0. The number of nitrogens with zero attached hydrogens (tertiary/aromatic N) is 2. The van der Waals surface area contributed by atoms with Gasteiger partial charge < -0.3 is 26.6 Å². The fourth-order valence-corrected chi connectivity index (χ4v) is 4.49. The van der Waals surface area contributed by atoms with Gasteiger partial charge in [0.25, 0.3) is 5.91 Å². The van der Waals surface area contributed by atoms with Crippen molar-refractivity contribution < 1.29 is 9.59 Å². The molecular formula is C24H24N6O2. The Bertz CT molecular complexity index is 1150. The number of para-hydroxylation sites is 1. The van der Waals surface area contributed by atoms with Gasteiger partial charge in [-0.05, 0) is 30.5 Å². The summed E-state index contributed by atoms with van der Waals surface area (Å²) in [5.74, 6) is -0.239. The van der Waals surface area contributed by atoms with Crippen LogP contribution in [0.5, 0.6) is 0 Å². The number of hydrogen-bond acceptors (Lipinski definition) is 5. The highest BCUT2D eigenvalue weighted by Gasteiger charge is 2.56. The zero-order valence-electron chi connectivity index (χ0n) is 17.4. The van der Waals surface area contributed by atoms with Gasteiger partial charge in [0.05, 0.1) is 11.9 Å². The van der Waals surface area contributed by atoms with Gasteiger partial charge in [-0.15, -0.1) is 0 Å². The molecule has 2 heterocycles. The second kappa shape index (κ2) is 7.88. The van der Waals surface area contributed by atoms with Crippen molar-refractivity contribution in [2.24, 2.45) is 16.6 Å². The van der Waals surface area contributed by atoms with Crippen molar-refractivity contribution in [3.05, 3.63) is 89.5 Å². The number of anilines is 1. The fraction of sp³-hybridized carbons (Fsp3) is 0.208. The number of primary amides is 1. The third kappa shape index (κ3) is 3.39. The molecule has 162 valence electrons. The van der Waals surface area contributed by atoms with Crippen LogP contribution >= 0.6 is 0 Å². The van der Waals surface area contributed by atoms with Gasteiger partial charge in [0, 0.05) is 36.1 Å². The van der Waals surface area contributed by atoms with E-state index in [0.29, 0.717) is 17.9 Å². The van der Waals surface area contributed by atoms with E-state index in [0.717, 1.165) is 29.7 Å². The second-order valence-corrected chi connectivity index (χ2v) is 8.07. The summed E-state index contributed by atoms with van der Waals surface area (Å²) >= 11 is 0. The number of fused-ring (bicyclic) bond motifs is 1. The molecule has 8 nitrogen and oxygen atoms in total. The Morgan fingerprint density at radius 1 is 1.12 bits per heavy atom. The molecule has 2 aliphatic heterocycles. The van der Waals surface area contributed by atoms with E-state index in [9.17, 15) is 9.59 Å². The van der Waals surface area contributed by atoms with E-state index in [1.807, 2.05) is 60.8 Å². The largest absolute Gasteiger partial charge is 0.364 e. The molecule has 3 aliphatic rings. The highest BCUT2D eigenvalue weighted by Crippen LogP contribution is 2.53. The summed E-state index contributed by atoms with van der Waals surface area (Å²) in [5.41, 5.74) is 8.74. The third-order valence-corrected chi connectivity index (χ3v) is 6.02. The predicted octanol–water partition coefficient (Wildman–Crippen LogP) is 2.73. The second-order valence-electron chi connectivity index (χ2n) is 8.07. The van der Waals surface area contributed by atoms with Crippen LogP contribution in [0, 0.1) is 5.92 Å². The van der Waals surface area contributed by atoms with E-state index >= 15 is 0 Å². The lowest BCUT2D eigenvalue weighted by Gasteiger charge is -2.41. The maximum Gasteiger partial charge on any atom is 0.319 e. The molecule has 5 N–H and O–H groups in total. The predicted molar refractivity (Wildman–Crippen MR) is 122 cm³/mol. The first-order valence-electron chi connectivity index (χ1n) is 10.6. The molecule has 0 aromatic heterocycles. The van der Waals surface area contributed by atoms with E-state index in [1.54, 1.807) is 12.4 Å². The molecule has 2 aromatic rings. The lowest BCUT2D eigenvalue weighted by Crippen LogP contribution is -2.51. The number of urea groups is 1. The molecule has 0 radical (unpaired) electrons. The molecule has 1 saturated carbocycles. The minimum atomic E-state index is -0.656. The number of amides is 3. The van der Waals surface area contributed by atoms with Gasteiger partial charge in [-0.2, -0.15) is 0 Å². The highest BCUT2D eigenvalue weighted by atomic mass is 16.2. The van der Waals surface area contributed by atoms with Crippen LogP contribution in [0.1, 0.15) is 24.0 Å². The number of allylic oxidation sites excluding steroid dienone is 1. The van der Waals surface area contributed by atoms with Crippen molar-refractivity contribution in [1.82, 2.24) is 15.5 Å². The minimum Gasteiger partial charge on any atom is -0.364 e. The Labute approximate surface area is 185 Å². The third-order valence-electron chi connectivity index (χ3n) is 6.02. The molecule has 0 bridgehead atoms. The fourth-order valence-electron chi connectivity index (χ4n) is 4.49. The van der Waals surface area contributed by atoms with E-state index < -0.39 is 11.6 Å². The molecule has 1 fully saturated rings. The number of nitrogens with two attached hydrogens (primary N) is 1. The summed E-state index contributed by atoms with van der Waals surface area (Å²) in [6.07, 6.45) is 7.28. The molecule has 1 aliphatic carbocycles. The first-order valence-corrected chi connectivity index (χ1v) is 10.6. The first kappa shape index (κ1) is 19.9. The lowest BCUT2D eigenvalue weighted by molar-refractivity contribution is -0.115. The summed E-state index contributed by atoms with van der Waals surface area (Å²) in [7, 11) is 0. The summed E-state index contributed by atoms with van der Waals surface area (Å²) in [6.45, 7) is 0.331. The van der Waals surface area contributed by atoms with Crippen LogP contribution in [0.4, 0.5) is 10.5 Å². The number of carbonyl (C=O) groups excluding carboxylic acids is 2. The van der Waals surface area contributed by atoms with Crippen LogP contribution in [0.15, 0.2) is 83.4 Å². The quantitative estimate of drug-likeness (QED) is 0.567. The van der Waals surface area contributed by atoms with Gasteiger partial charge in [-0.1, -0.05) is 42.5 Å². The smallest absolute Gasteiger partial charge is 0.319 e. The molecule has 8 heteroatoms. The number of nitrogens with one attached hydrogen (secondary N) is 3. The maximum absolute atomic E-state index is 12.5. The van der Waals surface area contributed by atoms with Gasteiger partial charge in [0.15, 0.2) is 0 Å². The molecule has 0 spiro atoms. The van der Waals surface area contributed by atoms with Crippen LogP contribution in [0.2, 0.25) is 0 Å². The molecule has 1 atom stereocenters. The number of benzene rings is 2. The van der Waals surface area contributed by atoms with E-state index in [2.05, 4.69) is 25.8 Å². The van der Waals surface area contributed by atoms with Crippen molar-refractivity contribution >= 4 is 23.8 Å². The first-order chi connectivity index (χ1) is 15.6. The van der Waals surface area contributed by atoms with Crippen LogP contribution in [0.3, 0.4) is 0 Å². The summed E-state index contributed by atoms with van der Waals surface area (Å²) in [4.78, 5) is 30.9. The molecule has 2 aromatic carbocycles. The van der Waals surface area contributed by atoms with Crippen molar-refractivity contribution in [2.75, 3.05) is 5.32 Å². The zero-order chi connectivity index (χ0) is 22.1. The monoisotopic (exact) mass is 428 g/mol. The van der Waals surface area contributed by atoms with Crippen LogP contribution in [0.25, 0.3) is 0 Å². The Morgan fingerprint density at radius 2 is 1.88 bits per heavy atom. The summed E-state index contributed by atoms with van der Waals surface area (Å²) < 4.78 is 0. The van der Waals surface area contributed by atoms with Crippen molar-refractivity contribution in [2.45, 2.75) is 25.0 Å². The summed E-state index contributed by atoms with van der Waals surface area (Å²) in [5, 5.41) is 9.24.